The zero-order valence-electron chi connectivity index (χ0n) is 13.4. The molecule has 5 heteroatoms. The molecule has 1 heterocycles. The Morgan fingerprint density at radius 3 is 2.50 bits per heavy atom. The van der Waals surface area contributed by atoms with Gasteiger partial charge in [-0.25, -0.2) is 0 Å². The van der Waals surface area contributed by atoms with Crippen LogP contribution >= 0.6 is 11.6 Å². The molecule has 0 aromatic carbocycles. The third-order valence-corrected chi connectivity index (χ3v) is 4.15. The van der Waals surface area contributed by atoms with Gasteiger partial charge in [0.1, 0.15) is 0 Å². The predicted octanol–water partition coefficient (Wildman–Crippen LogP) is 3.11. The zero-order valence-corrected chi connectivity index (χ0v) is 14.1. The zero-order chi connectivity index (χ0) is 15.1. The first-order valence-electron chi connectivity index (χ1n) is 7.49. The lowest BCUT2D eigenvalue weighted by atomic mass is 10.0. The minimum Gasteiger partial charge on any atom is -0.380 e. The van der Waals surface area contributed by atoms with E-state index in [-0.39, 0.29) is 12.1 Å². The van der Waals surface area contributed by atoms with Gasteiger partial charge in [-0.15, -0.1) is 0 Å². The van der Waals surface area contributed by atoms with E-state index in [1.807, 2.05) is 18.7 Å². The highest BCUT2D eigenvalue weighted by Crippen LogP contribution is 2.22. The number of ether oxygens (including phenoxy) is 1. The summed E-state index contributed by atoms with van der Waals surface area (Å²) in [6, 6.07) is 0.271. The van der Waals surface area contributed by atoms with Crippen molar-refractivity contribution in [1.29, 1.82) is 0 Å². The van der Waals surface area contributed by atoms with E-state index >= 15 is 0 Å². The van der Waals surface area contributed by atoms with Crippen LogP contribution in [-0.4, -0.2) is 35.6 Å². The number of nitrogens with zero attached hydrogens (tertiary/aromatic N) is 2. The molecule has 116 valence electrons. The summed E-state index contributed by atoms with van der Waals surface area (Å²) in [6.07, 6.45) is 4.32. The van der Waals surface area contributed by atoms with Gasteiger partial charge >= 0.3 is 0 Å². The van der Waals surface area contributed by atoms with Crippen LogP contribution in [-0.2, 0) is 18.2 Å². The van der Waals surface area contributed by atoms with Gasteiger partial charge in [-0.3, -0.25) is 4.68 Å². The average molecular weight is 302 g/mol. The number of aromatic nitrogens is 2. The van der Waals surface area contributed by atoms with Crippen LogP contribution in [0.25, 0.3) is 0 Å². The van der Waals surface area contributed by atoms with Gasteiger partial charge in [0, 0.05) is 26.6 Å². The van der Waals surface area contributed by atoms with Crippen LogP contribution < -0.4 is 5.32 Å². The second-order valence-corrected chi connectivity index (χ2v) is 5.68. The largest absolute Gasteiger partial charge is 0.380 e. The summed E-state index contributed by atoms with van der Waals surface area (Å²) in [5.41, 5.74) is 1.97. The first-order chi connectivity index (χ1) is 9.54. The second-order valence-electron chi connectivity index (χ2n) is 5.30. The molecule has 4 nitrogen and oxygen atoms in total. The van der Waals surface area contributed by atoms with Crippen molar-refractivity contribution in [3.05, 3.63) is 16.4 Å². The van der Waals surface area contributed by atoms with Crippen LogP contribution in [0.2, 0.25) is 5.02 Å². The Balaban J connectivity index is 2.87. The summed E-state index contributed by atoms with van der Waals surface area (Å²) in [4.78, 5) is 0. The first kappa shape index (κ1) is 17.5. The van der Waals surface area contributed by atoms with Crippen molar-refractivity contribution in [2.45, 2.75) is 58.6 Å². The minimum absolute atomic E-state index is 0.206. The van der Waals surface area contributed by atoms with Crippen LogP contribution in [0.3, 0.4) is 0 Å². The molecule has 2 atom stereocenters. The van der Waals surface area contributed by atoms with Gasteiger partial charge in [-0.2, -0.15) is 5.10 Å². The third kappa shape index (κ3) is 4.47. The maximum atomic E-state index is 6.37. The number of methoxy groups -OCH3 is 1. The SMILES string of the molecule is CCCNC(Cc1c(Cl)c(C)nn1C)C(CCC)OC. The van der Waals surface area contributed by atoms with Crippen molar-refractivity contribution in [2.75, 3.05) is 13.7 Å². The Morgan fingerprint density at radius 1 is 1.35 bits per heavy atom. The maximum Gasteiger partial charge on any atom is 0.0847 e. The number of aryl methyl sites for hydroxylation is 2. The van der Waals surface area contributed by atoms with E-state index in [1.54, 1.807) is 7.11 Å². The quantitative estimate of drug-likeness (QED) is 0.762. The van der Waals surface area contributed by atoms with Crippen molar-refractivity contribution in [3.63, 3.8) is 0 Å². The van der Waals surface area contributed by atoms with Gasteiger partial charge in [-0.05, 0) is 26.3 Å². The molecule has 0 aliphatic carbocycles. The van der Waals surface area contributed by atoms with E-state index in [0.717, 1.165) is 48.6 Å². The Bertz CT molecular complexity index is 406. The van der Waals surface area contributed by atoms with Crippen molar-refractivity contribution in [2.24, 2.45) is 7.05 Å². The molecule has 1 aromatic heterocycles. The summed E-state index contributed by atoms with van der Waals surface area (Å²) >= 11 is 6.37. The summed E-state index contributed by atoms with van der Waals surface area (Å²) in [5, 5.41) is 8.76. The van der Waals surface area contributed by atoms with Crippen molar-refractivity contribution >= 4 is 11.6 Å². The first-order valence-corrected chi connectivity index (χ1v) is 7.87. The Morgan fingerprint density at radius 2 is 2.05 bits per heavy atom. The van der Waals surface area contributed by atoms with Crippen LogP contribution in [0.15, 0.2) is 0 Å². The molecule has 0 aliphatic rings. The topological polar surface area (TPSA) is 39.1 Å². The third-order valence-electron chi connectivity index (χ3n) is 3.66. The Kier molecular flexibility index (Phi) is 7.56. The van der Waals surface area contributed by atoms with Crippen LogP contribution in [0, 0.1) is 6.92 Å². The number of halogens is 1. The summed E-state index contributed by atoms with van der Waals surface area (Å²) < 4.78 is 7.56. The van der Waals surface area contributed by atoms with E-state index < -0.39 is 0 Å². The molecule has 20 heavy (non-hydrogen) atoms. The van der Waals surface area contributed by atoms with E-state index in [9.17, 15) is 0 Å². The number of nitrogens with one attached hydrogen (secondary N) is 1. The van der Waals surface area contributed by atoms with Crippen molar-refractivity contribution in [1.82, 2.24) is 15.1 Å². The van der Waals surface area contributed by atoms with Gasteiger partial charge in [0.15, 0.2) is 0 Å². The van der Waals surface area contributed by atoms with E-state index in [1.165, 1.54) is 0 Å². The Labute approximate surface area is 127 Å². The molecule has 1 N–H and O–H groups in total. The van der Waals surface area contributed by atoms with E-state index in [0.29, 0.717) is 0 Å². The molecule has 0 radical (unpaired) electrons. The summed E-state index contributed by atoms with van der Waals surface area (Å²) in [5.74, 6) is 0. The number of hydrogen-bond acceptors (Lipinski definition) is 3. The van der Waals surface area contributed by atoms with Gasteiger partial charge in [0.2, 0.25) is 0 Å². The molecule has 2 unspecified atom stereocenters. The Hall–Kier alpha value is -0.580. The van der Waals surface area contributed by atoms with Crippen LogP contribution in [0.1, 0.15) is 44.5 Å². The molecule has 0 aliphatic heterocycles. The van der Waals surface area contributed by atoms with Gasteiger partial charge in [-0.1, -0.05) is 31.9 Å². The normalized spacial score (nSPS) is 14.5. The fourth-order valence-corrected chi connectivity index (χ4v) is 2.78. The lowest BCUT2D eigenvalue weighted by Gasteiger charge is -2.27. The standard InChI is InChI=1S/C15H28ClN3O/c1-6-8-14(20-5)12(17-9-7-2)10-13-15(16)11(3)18-19(13)4/h12,14,17H,6-10H2,1-5H3. The highest BCUT2D eigenvalue weighted by Gasteiger charge is 2.23. The lowest BCUT2D eigenvalue weighted by Crippen LogP contribution is -2.43. The molecule has 1 rings (SSSR count). The van der Waals surface area contributed by atoms with Crippen molar-refractivity contribution in [3.8, 4) is 0 Å². The highest BCUT2D eigenvalue weighted by atomic mass is 35.5. The molecule has 0 spiro atoms. The highest BCUT2D eigenvalue weighted by molar-refractivity contribution is 6.31. The summed E-state index contributed by atoms with van der Waals surface area (Å²) in [7, 11) is 3.74. The van der Waals surface area contributed by atoms with Crippen LogP contribution in [0.4, 0.5) is 0 Å². The molecule has 0 saturated carbocycles. The predicted molar refractivity (Wildman–Crippen MR) is 84.4 cm³/mol. The molecular weight excluding hydrogens is 274 g/mol. The van der Waals surface area contributed by atoms with Gasteiger partial charge in [0.05, 0.1) is 22.5 Å². The molecule has 0 amide bonds. The van der Waals surface area contributed by atoms with Crippen LogP contribution in [0.5, 0.6) is 0 Å². The van der Waals surface area contributed by atoms with Gasteiger partial charge in [0.25, 0.3) is 0 Å². The fraction of sp³-hybridized carbons (Fsp3) is 0.800. The number of rotatable bonds is 9. The van der Waals surface area contributed by atoms with E-state index in [4.69, 9.17) is 16.3 Å². The average Bonchev–Trinajstić information content (AvgIpc) is 2.67. The molecule has 0 saturated heterocycles. The molecular formula is C15H28ClN3O. The lowest BCUT2D eigenvalue weighted by molar-refractivity contribution is 0.0603. The fourth-order valence-electron chi connectivity index (χ4n) is 2.54. The maximum absolute atomic E-state index is 6.37. The molecule has 0 fully saturated rings. The molecule has 1 aromatic rings. The summed E-state index contributed by atoms with van der Waals surface area (Å²) in [6.45, 7) is 7.29. The van der Waals surface area contributed by atoms with Crippen molar-refractivity contribution < 1.29 is 4.74 Å². The second kappa shape index (κ2) is 8.65. The smallest absolute Gasteiger partial charge is 0.0847 e. The minimum atomic E-state index is 0.206. The van der Waals surface area contributed by atoms with E-state index in [2.05, 4.69) is 24.3 Å². The molecule has 0 bridgehead atoms. The van der Waals surface area contributed by atoms with Gasteiger partial charge < -0.3 is 10.1 Å². The number of hydrogen-bond donors (Lipinski definition) is 1. The monoisotopic (exact) mass is 301 g/mol.